The number of benzene rings is 2. The molecule has 0 aliphatic rings. The molecule has 7 nitrogen and oxygen atoms in total. The zero-order chi connectivity index (χ0) is 21.3. The highest BCUT2D eigenvalue weighted by atomic mass is 35.5. The molecule has 0 amide bonds. The van der Waals surface area contributed by atoms with Crippen LogP contribution in [0.1, 0.15) is 19.4 Å². The van der Waals surface area contributed by atoms with Crippen molar-refractivity contribution in [3.05, 3.63) is 57.1 Å². The van der Waals surface area contributed by atoms with Crippen molar-refractivity contribution in [1.29, 1.82) is 0 Å². The van der Waals surface area contributed by atoms with E-state index in [1.165, 1.54) is 13.8 Å². The maximum Gasteiger partial charge on any atom is 0.416 e. The highest BCUT2D eigenvalue weighted by molar-refractivity contribution is 7.89. The summed E-state index contributed by atoms with van der Waals surface area (Å²) in [6.45, 7) is 3.07. The quantitative estimate of drug-likeness (QED) is 0.518. The summed E-state index contributed by atoms with van der Waals surface area (Å²) in [6, 6.07) is 4.76. The van der Waals surface area contributed by atoms with E-state index in [4.69, 9.17) is 16.3 Å². The number of hydrogen-bond donors (Lipinski definition) is 1. The van der Waals surface area contributed by atoms with Crippen LogP contribution in [0.15, 0.2) is 41.3 Å². The van der Waals surface area contributed by atoms with Gasteiger partial charge in [0.2, 0.25) is 10.0 Å². The first-order chi connectivity index (χ1) is 12.8. The maximum atomic E-state index is 12.7. The minimum Gasteiger partial charge on any atom is -0.456 e. The summed E-state index contributed by atoms with van der Waals surface area (Å²) < 4.78 is 70.4. The van der Waals surface area contributed by atoms with Crippen molar-refractivity contribution in [1.82, 2.24) is 4.72 Å². The van der Waals surface area contributed by atoms with Crippen molar-refractivity contribution in [3.63, 3.8) is 0 Å². The Morgan fingerprint density at radius 3 is 2.32 bits per heavy atom. The smallest absolute Gasteiger partial charge is 0.416 e. The lowest BCUT2D eigenvalue weighted by Crippen LogP contribution is -2.30. The highest BCUT2D eigenvalue weighted by Crippen LogP contribution is 2.37. The molecule has 0 bridgehead atoms. The molecule has 0 aliphatic heterocycles. The molecule has 12 heteroatoms. The molecule has 152 valence electrons. The van der Waals surface area contributed by atoms with Gasteiger partial charge in [-0.05, 0) is 38.1 Å². The summed E-state index contributed by atoms with van der Waals surface area (Å²) in [5.41, 5.74) is -1.67. The number of hydrogen-bond acceptors (Lipinski definition) is 5. The summed E-state index contributed by atoms with van der Waals surface area (Å²) >= 11 is 5.80. The number of nitro benzene ring substituents is 1. The fourth-order valence-corrected chi connectivity index (χ4v) is 3.84. The molecule has 0 aliphatic carbocycles. The second-order valence-electron chi connectivity index (χ2n) is 5.91. The Balaban J connectivity index is 2.46. The summed E-state index contributed by atoms with van der Waals surface area (Å²) in [6.07, 6.45) is -4.60. The number of halogens is 4. The van der Waals surface area contributed by atoms with Crippen LogP contribution >= 0.6 is 11.6 Å². The molecule has 2 rings (SSSR count). The van der Waals surface area contributed by atoms with Crippen LogP contribution in [0.2, 0.25) is 5.02 Å². The Hall–Kier alpha value is -2.37. The Morgan fingerprint density at radius 2 is 1.82 bits per heavy atom. The van der Waals surface area contributed by atoms with E-state index in [0.29, 0.717) is 6.07 Å². The van der Waals surface area contributed by atoms with Gasteiger partial charge in [-0.3, -0.25) is 10.1 Å². The fourth-order valence-electron chi connectivity index (χ4n) is 2.18. The second-order valence-corrected chi connectivity index (χ2v) is 8.00. The van der Waals surface area contributed by atoms with E-state index in [1.807, 2.05) is 0 Å². The standard InChI is InChI=1S/C16H14ClF3N2O5S/c1-9(2)21-28(25,26)15-8-11(4-5-13(15)22(23)24)27-14-6-3-10(7-12(14)17)16(18,19)20/h3-9,21H,1-2H3. The predicted octanol–water partition coefficient (Wildman–Crippen LogP) is 4.75. The van der Waals surface area contributed by atoms with Crippen LogP contribution in [0.5, 0.6) is 11.5 Å². The number of nitrogens with zero attached hydrogens (tertiary/aromatic N) is 1. The second kappa shape index (κ2) is 7.94. The number of nitrogens with one attached hydrogen (secondary N) is 1. The molecular formula is C16H14ClF3N2O5S. The van der Waals surface area contributed by atoms with Gasteiger partial charge in [-0.1, -0.05) is 11.6 Å². The lowest BCUT2D eigenvalue weighted by molar-refractivity contribution is -0.387. The van der Waals surface area contributed by atoms with E-state index in [9.17, 15) is 31.7 Å². The molecular weight excluding hydrogens is 425 g/mol. The Morgan fingerprint density at radius 1 is 1.18 bits per heavy atom. The van der Waals surface area contributed by atoms with E-state index < -0.39 is 43.3 Å². The van der Waals surface area contributed by atoms with E-state index in [2.05, 4.69) is 4.72 Å². The van der Waals surface area contributed by atoms with E-state index >= 15 is 0 Å². The molecule has 2 aromatic carbocycles. The third-order valence-corrected chi connectivity index (χ3v) is 5.28. The topological polar surface area (TPSA) is 98.5 Å². The zero-order valence-electron chi connectivity index (χ0n) is 14.5. The van der Waals surface area contributed by atoms with E-state index in [0.717, 1.165) is 30.3 Å². The lowest BCUT2D eigenvalue weighted by Gasteiger charge is -2.13. The lowest BCUT2D eigenvalue weighted by atomic mass is 10.2. The first-order valence-electron chi connectivity index (χ1n) is 7.66. The molecule has 0 saturated heterocycles. The number of nitro groups is 1. The summed E-state index contributed by atoms with van der Waals surface area (Å²) in [5, 5.41) is 10.8. The Labute approximate surface area is 163 Å². The average molecular weight is 439 g/mol. The first-order valence-corrected chi connectivity index (χ1v) is 9.53. The molecule has 0 radical (unpaired) electrons. The predicted molar refractivity (Wildman–Crippen MR) is 95.1 cm³/mol. The van der Waals surface area contributed by atoms with Gasteiger partial charge in [0.05, 0.1) is 15.5 Å². The van der Waals surface area contributed by atoms with Crippen molar-refractivity contribution in [3.8, 4) is 11.5 Å². The molecule has 1 N–H and O–H groups in total. The Kier molecular flexibility index (Phi) is 6.21. The molecule has 0 aromatic heterocycles. The molecule has 0 fully saturated rings. The van der Waals surface area contributed by atoms with Crippen LogP contribution in [0.25, 0.3) is 0 Å². The van der Waals surface area contributed by atoms with Gasteiger partial charge in [0.25, 0.3) is 5.69 Å². The molecule has 0 atom stereocenters. The van der Waals surface area contributed by atoms with Crippen LogP contribution in [0, 0.1) is 10.1 Å². The van der Waals surface area contributed by atoms with Crippen LogP contribution in [0.3, 0.4) is 0 Å². The van der Waals surface area contributed by atoms with Gasteiger partial charge in [0.1, 0.15) is 11.5 Å². The highest BCUT2D eigenvalue weighted by Gasteiger charge is 2.31. The van der Waals surface area contributed by atoms with Crippen LogP contribution in [-0.2, 0) is 16.2 Å². The largest absolute Gasteiger partial charge is 0.456 e. The number of alkyl halides is 3. The normalized spacial score (nSPS) is 12.2. The van der Waals surface area contributed by atoms with E-state index in [-0.39, 0.29) is 16.5 Å². The molecule has 0 unspecified atom stereocenters. The first kappa shape index (κ1) is 21.9. The monoisotopic (exact) mass is 438 g/mol. The van der Waals surface area contributed by atoms with Crippen molar-refractivity contribution < 1.29 is 31.2 Å². The van der Waals surface area contributed by atoms with Crippen molar-refractivity contribution in [2.45, 2.75) is 31.0 Å². The average Bonchev–Trinajstić information content (AvgIpc) is 2.54. The van der Waals surface area contributed by atoms with Gasteiger partial charge in [0, 0.05) is 18.2 Å². The number of ether oxygens (including phenoxy) is 1. The van der Waals surface area contributed by atoms with Crippen LogP contribution < -0.4 is 9.46 Å². The summed E-state index contributed by atoms with van der Waals surface area (Å²) in [7, 11) is -4.24. The van der Waals surface area contributed by atoms with Gasteiger partial charge in [0.15, 0.2) is 4.90 Å². The number of sulfonamides is 1. The Bertz CT molecular complexity index is 1010. The van der Waals surface area contributed by atoms with Gasteiger partial charge in [-0.15, -0.1) is 0 Å². The van der Waals surface area contributed by atoms with Crippen LogP contribution in [-0.4, -0.2) is 19.4 Å². The third kappa shape index (κ3) is 5.12. The van der Waals surface area contributed by atoms with Gasteiger partial charge in [-0.25, -0.2) is 13.1 Å². The van der Waals surface area contributed by atoms with Gasteiger partial charge >= 0.3 is 6.18 Å². The van der Waals surface area contributed by atoms with Gasteiger partial charge in [-0.2, -0.15) is 13.2 Å². The molecule has 2 aromatic rings. The van der Waals surface area contributed by atoms with Crippen molar-refractivity contribution in [2.75, 3.05) is 0 Å². The SMILES string of the molecule is CC(C)NS(=O)(=O)c1cc(Oc2ccc(C(F)(F)F)cc2Cl)ccc1[N+](=O)[O-]. The fraction of sp³-hybridized carbons (Fsp3) is 0.250. The minimum absolute atomic E-state index is 0.156. The molecule has 0 saturated carbocycles. The zero-order valence-corrected chi connectivity index (χ0v) is 16.0. The van der Waals surface area contributed by atoms with Crippen LogP contribution in [0.4, 0.5) is 18.9 Å². The molecule has 0 heterocycles. The molecule has 0 spiro atoms. The minimum atomic E-state index is -4.60. The van der Waals surface area contributed by atoms with Gasteiger partial charge < -0.3 is 4.74 Å². The molecule has 28 heavy (non-hydrogen) atoms. The third-order valence-electron chi connectivity index (χ3n) is 3.30. The van der Waals surface area contributed by atoms with E-state index in [1.54, 1.807) is 0 Å². The number of rotatable bonds is 6. The summed E-state index contributed by atoms with van der Waals surface area (Å²) in [4.78, 5) is 9.64. The van der Waals surface area contributed by atoms with Crippen molar-refractivity contribution in [2.24, 2.45) is 0 Å². The summed E-state index contributed by atoms with van der Waals surface area (Å²) in [5.74, 6) is -0.333. The van der Waals surface area contributed by atoms with Crippen molar-refractivity contribution >= 4 is 27.3 Å². The maximum absolute atomic E-state index is 12.7.